The van der Waals surface area contributed by atoms with Crippen LogP contribution in [0.25, 0.3) is 0 Å². The summed E-state index contributed by atoms with van der Waals surface area (Å²) < 4.78 is 5.70. The summed E-state index contributed by atoms with van der Waals surface area (Å²) in [5, 5.41) is 6.33. The Morgan fingerprint density at radius 3 is 2.81 bits per heavy atom. The molecule has 27 heavy (non-hydrogen) atoms. The van der Waals surface area contributed by atoms with Crippen molar-refractivity contribution in [3.8, 4) is 0 Å². The molecule has 1 aliphatic carbocycles. The quantitative estimate of drug-likeness (QED) is 0.375. The molecule has 0 spiro atoms. The first-order valence-electron chi connectivity index (χ1n) is 9.86. The van der Waals surface area contributed by atoms with Crippen LogP contribution in [-0.4, -0.2) is 50.6 Å². The molecule has 6 heteroatoms. The van der Waals surface area contributed by atoms with Crippen LogP contribution >= 0.6 is 0 Å². The number of nitrogens with zero attached hydrogens (tertiary/aromatic N) is 2. The average molecular weight is 375 g/mol. The van der Waals surface area contributed by atoms with Crippen molar-refractivity contribution in [1.29, 1.82) is 0 Å². The smallest absolute Gasteiger partial charge is 0.224 e. The van der Waals surface area contributed by atoms with E-state index in [1.54, 1.807) is 7.05 Å². The average Bonchev–Trinajstić information content (AvgIpc) is 3.43. The standard InChI is InChI=1S/C21H34N4O2/c1-16(2)12-20(26)24-19-7-5-6-18(13-19)14-23-21(22-3)25(4)10-11-27-15-17-8-9-17/h5-7,13,16-17H,8-12,14-15H2,1-4H3,(H,22,23)(H,24,26). The zero-order chi connectivity index (χ0) is 19.6. The zero-order valence-electron chi connectivity index (χ0n) is 17.1. The monoisotopic (exact) mass is 374 g/mol. The highest BCUT2D eigenvalue weighted by Gasteiger charge is 2.21. The Morgan fingerprint density at radius 2 is 2.15 bits per heavy atom. The summed E-state index contributed by atoms with van der Waals surface area (Å²) in [6, 6.07) is 7.91. The first-order valence-corrected chi connectivity index (χ1v) is 9.86. The molecule has 150 valence electrons. The van der Waals surface area contributed by atoms with E-state index >= 15 is 0 Å². The van der Waals surface area contributed by atoms with Gasteiger partial charge in [-0.1, -0.05) is 26.0 Å². The number of hydrogen-bond donors (Lipinski definition) is 2. The van der Waals surface area contributed by atoms with Crippen LogP contribution in [0.2, 0.25) is 0 Å². The predicted molar refractivity (Wildman–Crippen MR) is 111 cm³/mol. The lowest BCUT2D eigenvalue weighted by Gasteiger charge is -2.22. The Morgan fingerprint density at radius 1 is 1.37 bits per heavy atom. The topological polar surface area (TPSA) is 66.0 Å². The molecule has 1 saturated carbocycles. The second-order valence-corrected chi connectivity index (χ2v) is 7.69. The Labute approximate surface area is 163 Å². The number of rotatable bonds is 10. The fourth-order valence-corrected chi connectivity index (χ4v) is 2.75. The van der Waals surface area contributed by atoms with Gasteiger partial charge >= 0.3 is 0 Å². The van der Waals surface area contributed by atoms with Crippen LogP contribution < -0.4 is 10.6 Å². The molecule has 0 radical (unpaired) electrons. The second-order valence-electron chi connectivity index (χ2n) is 7.69. The molecule has 1 amide bonds. The van der Waals surface area contributed by atoms with Crippen molar-refractivity contribution in [3.63, 3.8) is 0 Å². The highest BCUT2D eigenvalue weighted by molar-refractivity contribution is 5.90. The van der Waals surface area contributed by atoms with Crippen molar-refractivity contribution < 1.29 is 9.53 Å². The molecule has 2 rings (SSSR count). The van der Waals surface area contributed by atoms with E-state index in [9.17, 15) is 4.79 Å². The van der Waals surface area contributed by atoms with E-state index in [2.05, 4.69) is 20.5 Å². The van der Waals surface area contributed by atoms with E-state index in [4.69, 9.17) is 4.74 Å². The summed E-state index contributed by atoms with van der Waals surface area (Å²) in [7, 11) is 3.80. The lowest BCUT2D eigenvalue weighted by atomic mass is 10.1. The molecule has 1 aliphatic rings. The van der Waals surface area contributed by atoms with Crippen molar-refractivity contribution in [2.75, 3.05) is 39.2 Å². The second kappa shape index (κ2) is 10.9. The van der Waals surface area contributed by atoms with Gasteiger partial charge in [0.25, 0.3) is 0 Å². The fourth-order valence-electron chi connectivity index (χ4n) is 2.75. The van der Waals surface area contributed by atoms with Gasteiger partial charge in [-0.3, -0.25) is 9.79 Å². The predicted octanol–water partition coefficient (Wildman–Crippen LogP) is 3.11. The van der Waals surface area contributed by atoms with E-state index in [0.29, 0.717) is 25.5 Å². The third kappa shape index (κ3) is 8.43. The van der Waals surface area contributed by atoms with Crippen LogP contribution in [0, 0.1) is 11.8 Å². The molecular weight excluding hydrogens is 340 g/mol. The van der Waals surface area contributed by atoms with Gasteiger partial charge in [0.2, 0.25) is 5.91 Å². The number of amides is 1. The van der Waals surface area contributed by atoms with Gasteiger partial charge in [0.15, 0.2) is 5.96 Å². The lowest BCUT2D eigenvalue weighted by Crippen LogP contribution is -2.40. The van der Waals surface area contributed by atoms with Crippen LogP contribution in [0.5, 0.6) is 0 Å². The number of benzene rings is 1. The van der Waals surface area contributed by atoms with Gasteiger partial charge in [0, 0.05) is 45.9 Å². The molecule has 0 atom stereocenters. The minimum Gasteiger partial charge on any atom is -0.379 e. The minimum absolute atomic E-state index is 0.0526. The molecule has 0 unspecified atom stereocenters. The molecule has 0 aliphatic heterocycles. The highest BCUT2D eigenvalue weighted by Crippen LogP contribution is 2.28. The maximum Gasteiger partial charge on any atom is 0.224 e. The van der Waals surface area contributed by atoms with Crippen molar-refractivity contribution in [1.82, 2.24) is 10.2 Å². The number of aliphatic imine (C=N–C) groups is 1. The molecule has 0 saturated heterocycles. The highest BCUT2D eigenvalue weighted by atomic mass is 16.5. The molecule has 1 fully saturated rings. The lowest BCUT2D eigenvalue weighted by molar-refractivity contribution is -0.116. The Balaban J connectivity index is 1.77. The summed E-state index contributed by atoms with van der Waals surface area (Å²) in [6.07, 6.45) is 3.16. The van der Waals surface area contributed by atoms with E-state index in [1.807, 2.05) is 45.2 Å². The van der Waals surface area contributed by atoms with Crippen molar-refractivity contribution in [2.24, 2.45) is 16.8 Å². The van der Waals surface area contributed by atoms with Gasteiger partial charge in [-0.05, 0) is 42.4 Å². The maximum absolute atomic E-state index is 11.9. The van der Waals surface area contributed by atoms with Crippen LogP contribution in [0.3, 0.4) is 0 Å². The van der Waals surface area contributed by atoms with Crippen LogP contribution in [0.4, 0.5) is 5.69 Å². The molecule has 0 bridgehead atoms. The van der Waals surface area contributed by atoms with Crippen LogP contribution in [-0.2, 0) is 16.1 Å². The molecule has 1 aromatic carbocycles. The van der Waals surface area contributed by atoms with E-state index < -0.39 is 0 Å². The van der Waals surface area contributed by atoms with Crippen molar-refractivity contribution in [3.05, 3.63) is 29.8 Å². The number of carbonyl (C=O) groups is 1. The van der Waals surface area contributed by atoms with Gasteiger partial charge in [0.1, 0.15) is 0 Å². The normalized spacial score (nSPS) is 14.3. The summed E-state index contributed by atoms with van der Waals surface area (Å²) in [5.41, 5.74) is 1.92. The molecule has 0 heterocycles. The molecular formula is C21H34N4O2. The minimum atomic E-state index is 0.0526. The van der Waals surface area contributed by atoms with Gasteiger partial charge < -0.3 is 20.3 Å². The number of ether oxygens (including phenoxy) is 1. The van der Waals surface area contributed by atoms with Crippen molar-refractivity contribution in [2.45, 2.75) is 39.7 Å². The summed E-state index contributed by atoms with van der Waals surface area (Å²) in [6.45, 7) is 7.13. The summed E-state index contributed by atoms with van der Waals surface area (Å²) in [4.78, 5) is 18.4. The Hall–Kier alpha value is -2.08. The number of guanidine groups is 1. The first-order chi connectivity index (χ1) is 13.0. The maximum atomic E-state index is 11.9. The summed E-state index contributed by atoms with van der Waals surface area (Å²) >= 11 is 0. The van der Waals surface area contributed by atoms with E-state index in [-0.39, 0.29) is 5.91 Å². The molecule has 2 N–H and O–H groups in total. The first kappa shape index (κ1) is 21.2. The number of nitrogens with one attached hydrogen (secondary N) is 2. The van der Waals surface area contributed by atoms with Crippen LogP contribution in [0.1, 0.15) is 38.7 Å². The van der Waals surface area contributed by atoms with Gasteiger partial charge in [-0.25, -0.2) is 0 Å². The van der Waals surface area contributed by atoms with Gasteiger partial charge in [-0.2, -0.15) is 0 Å². The molecule has 6 nitrogen and oxygen atoms in total. The third-order valence-electron chi connectivity index (χ3n) is 4.45. The summed E-state index contributed by atoms with van der Waals surface area (Å²) in [5.74, 6) is 2.03. The number of anilines is 1. The Bertz CT molecular complexity index is 626. The van der Waals surface area contributed by atoms with Crippen molar-refractivity contribution >= 4 is 17.6 Å². The number of likely N-dealkylation sites (N-methyl/N-ethyl adjacent to an activating group) is 1. The number of hydrogen-bond acceptors (Lipinski definition) is 3. The molecule has 1 aromatic rings. The van der Waals surface area contributed by atoms with Crippen LogP contribution in [0.15, 0.2) is 29.3 Å². The SMILES string of the molecule is CN=C(NCc1cccc(NC(=O)CC(C)C)c1)N(C)CCOCC1CC1. The van der Waals surface area contributed by atoms with E-state index in [0.717, 1.165) is 36.3 Å². The van der Waals surface area contributed by atoms with Gasteiger partial charge in [-0.15, -0.1) is 0 Å². The zero-order valence-corrected chi connectivity index (χ0v) is 17.1. The van der Waals surface area contributed by atoms with E-state index in [1.165, 1.54) is 12.8 Å². The largest absolute Gasteiger partial charge is 0.379 e. The van der Waals surface area contributed by atoms with Gasteiger partial charge in [0.05, 0.1) is 6.61 Å². The third-order valence-corrected chi connectivity index (χ3v) is 4.45. The fraction of sp³-hybridized carbons (Fsp3) is 0.619. The number of carbonyl (C=O) groups excluding carboxylic acids is 1. The molecule has 0 aromatic heterocycles. The Kier molecular flexibility index (Phi) is 8.58.